The molecule has 1 amide bonds. The summed E-state index contributed by atoms with van der Waals surface area (Å²) >= 11 is 0. The normalized spacial score (nSPS) is 20.1. The molecule has 168 valence electrons. The maximum Gasteiger partial charge on any atom is 0.243 e. The van der Waals surface area contributed by atoms with E-state index in [4.69, 9.17) is 0 Å². The van der Waals surface area contributed by atoms with Gasteiger partial charge in [-0.25, -0.2) is 8.42 Å². The molecule has 2 aliphatic rings. The van der Waals surface area contributed by atoms with E-state index >= 15 is 0 Å². The predicted octanol–water partition coefficient (Wildman–Crippen LogP) is 3.09. The van der Waals surface area contributed by atoms with Crippen molar-refractivity contribution in [1.29, 1.82) is 0 Å². The van der Waals surface area contributed by atoms with E-state index in [-0.39, 0.29) is 11.8 Å². The first-order valence-electron chi connectivity index (χ1n) is 11.5. The molecule has 0 spiro atoms. The molecule has 0 atom stereocenters. The Balaban J connectivity index is 1.42. The number of likely N-dealkylation sites (tertiary alicyclic amines) is 1. The number of carbonyl (C=O) groups is 1. The van der Waals surface area contributed by atoms with Crippen LogP contribution in [0.2, 0.25) is 0 Å². The van der Waals surface area contributed by atoms with Gasteiger partial charge in [0.25, 0.3) is 0 Å². The van der Waals surface area contributed by atoms with E-state index in [9.17, 15) is 13.2 Å². The lowest BCUT2D eigenvalue weighted by molar-refractivity contribution is -0.126. The second-order valence-electron chi connectivity index (χ2n) is 8.82. The van der Waals surface area contributed by atoms with Crippen LogP contribution in [0.1, 0.15) is 56.1 Å². The third-order valence-corrected chi connectivity index (χ3v) is 8.48. The molecule has 0 unspecified atom stereocenters. The van der Waals surface area contributed by atoms with Gasteiger partial charge in [0.2, 0.25) is 15.9 Å². The third kappa shape index (κ3) is 6.05. The number of rotatable bonds is 7. The van der Waals surface area contributed by atoms with Crippen molar-refractivity contribution in [1.82, 2.24) is 14.5 Å². The largest absolute Gasteiger partial charge is 0.356 e. The molecule has 7 heteroatoms. The topological polar surface area (TPSA) is 69.7 Å². The summed E-state index contributed by atoms with van der Waals surface area (Å²) in [6.45, 7) is 8.83. The first kappa shape index (κ1) is 23.2. The Hall–Kier alpha value is -1.44. The predicted molar refractivity (Wildman–Crippen MR) is 120 cm³/mol. The SMILES string of the molecule is Cc1ccc(S(=O)(=O)N2CCC(C(=O)NCCCN3CCCCCC3)CC2)cc1C. The van der Waals surface area contributed by atoms with Crippen LogP contribution in [0.15, 0.2) is 23.1 Å². The molecule has 30 heavy (non-hydrogen) atoms. The van der Waals surface area contributed by atoms with E-state index in [0.29, 0.717) is 37.4 Å². The van der Waals surface area contributed by atoms with Gasteiger partial charge in [-0.1, -0.05) is 18.9 Å². The molecule has 2 aliphatic heterocycles. The van der Waals surface area contributed by atoms with Gasteiger partial charge in [-0.05, 0) is 88.8 Å². The molecule has 2 fully saturated rings. The van der Waals surface area contributed by atoms with Crippen LogP contribution < -0.4 is 5.32 Å². The Morgan fingerprint density at radius 1 is 1.00 bits per heavy atom. The van der Waals surface area contributed by atoms with Crippen LogP contribution in [0.25, 0.3) is 0 Å². The van der Waals surface area contributed by atoms with E-state index in [1.54, 1.807) is 12.1 Å². The molecule has 6 nitrogen and oxygen atoms in total. The van der Waals surface area contributed by atoms with Crippen molar-refractivity contribution in [2.24, 2.45) is 5.92 Å². The molecular weight excluding hydrogens is 398 g/mol. The van der Waals surface area contributed by atoms with Crippen molar-refractivity contribution in [3.8, 4) is 0 Å². The second-order valence-corrected chi connectivity index (χ2v) is 10.8. The maximum atomic E-state index is 12.9. The van der Waals surface area contributed by atoms with Crippen LogP contribution in [0.3, 0.4) is 0 Å². The van der Waals surface area contributed by atoms with Crippen LogP contribution in [0.4, 0.5) is 0 Å². The maximum absolute atomic E-state index is 12.9. The molecule has 0 aromatic heterocycles. The van der Waals surface area contributed by atoms with Crippen molar-refractivity contribution in [3.63, 3.8) is 0 Å². The molecule has 2 heterocycles. The highest BCUT2D eigenvalue weighted by Gasteiger charge is 2.32. The lowest BCUT2D eigenvalue weighted by atomic mass is 9.97. The minimum atomic E-state index is -3.49. The summed E-state index contributed by atoms with van der Waals surface area (Å²) in [5, 5.41) is 3.07. The van der Waals surface area contributed by atoms with Crippen LogP contribution in [0.5, 0.6) is 0 Å². The first-order valence-corrected chi connectivity index (χ1v) is 12.9. The Kier molecular flexibility index (Phi) is 8.31. The highest BCUT2D eigenvalue weighted by atomic mass is 32.2. The fourth-order valence-corrected chi connectivity index (χ4v) is 5.96. The average Bonchev–Trinajstić information content (AvgIpc) is 3.02. The number of hydrogen-bond donors (Lipinski definition) is 1. The lowest BCUT2D eigenvalue weighted by Gasteiger charge is -2.30. The molecular formula is C23H37N3O3S. The van der Waals surface area contributed by atoms with Gasteiger partial charge in [0, 0.05) is 25.6 Å². The summed E-state index contributed by atoms with van der Waals surface area (Å²) < 4.78 is 27.4. The first-order chi connectivity index (χ1) is 14.4. The fraction of sp³-hybridized carbons (Fsp3) is 0.696. The smallest absolute Gasteiger partial charge is 0.243 e. The standard InChI is InChI=1S/C23H37N3O3S/c1-19-8-9-22(18-20(19)2)30(28,29)26-16-10-21(11-17-26)23(27)24-12-7-15-25-13-5-3-4-6-14-25/h8-9,18,21H,3-7,10-17H2,1-2H3,(H,24,27). The number of amides is 1. The van der Waals surface area contributed by atoms with Gasteiger partial charge in [-0.15, -0.1) is 0 Å². The zero-order valence-electron chi connectivity index (χ0n) is 18.5. The van der Waals surface area contributed by atoms with Crippen LogP contribution in [0, 0.1) is 19.8 Å². The number of benzene rings is 1. The molecule has 0 aliphatic carbocycles. The van der Waals surface area contributed by atoms with Crippen molar-refractivity contribution in [2.45, 2.75) is 63.7 Å². The van der Waals surface area contributed by atoms with Crippen LogP contribution in [-0.2, 0) is 14.8 Å². The highest BCUT2D eigenvalue weighted by molar-refractivity contribution is 7.89. The average molecular weight is 436 g/mol. The second kappa shape index (κ2) is 10.7. The summed E-state index contributed by atoms with van der Waals surface area (Å²) in [7, 11) is -3.49. The minimum absolute atomic E-state index is 0.0779. The zero-order chi connectivity index (χ0) is 21.6. The number of piperidine rings is 1. The van der Waals surface area contributed by atoms with Gasteiger partial charge in [0.1, 0.15) is 0 Å². The van der Waals surface area contributed by atoms with Gasteiger partial charge in [-0.2, -0.15) is 4.31 Å². The Morgan fingerprint density at radius 3 is 2.30 bits per heavy atom. The molecule has 2 saturated heterocycles. The number of hydrogen-bond acceptors (Lipinski definition) is 4. The van der Waals surface area contributed by atoms with Crippen LogP contribution in [-0.4, -0.2) is 62.8 Å². The third-order valence-electron chi connectivity index (χ3n) is 6.59. The van der Waals surface area contributed by atoms with E-state index in [1.807, 2.05) is 19.9 Å². The van der Waals surface area contributed by atoms with E-state index < -0.39 is 10.0 Å². The number of carbonyl (C=O) groups excluding carboxylic acids is 1. The van der Waals surface area contributed by atoms with Crippen molar-refractivity contribution in [3.05, 3.63) is 29.3 Å². The molecule has 1 N–H and O–H groups in total. The molecule has 3 rings (SSSR count). The van der Waals surface area contributed by atoms with Crippen molar-refractivity contribution < 1.29 is 13.2 Å². The Labute approximate surface area is 182 Å². The van der Waals surface area contributed by atoms with Crippen molar-refractivity contribution in [2.75, 3.05) is 39.3 Å². The monoisotopic (exact) mass is 435 g/mol. The van der Waals surface area contributed by atoms with E-state index in [1.165, 1.54) is 43.1 Å². The summed E-state index contributed by atoms with van der Waals surface area (Å²) in [6.07, 6.45) is 7.40. The van der Waals surface area contributed by atoms with Gasteiger partial charge >= 0.3 is 0 Å². The quantitative estimate of drug-likeness (QED) is 0.668. The summed E-state index contributed by atoms with van der Waals surface area (Å²) in [4.78, 5) is 15.4. The zero-order valence-corrected chi connectivity index (χ0v) is 19.3. The van der Waals surface area contributed by atoms with Gasteiger partial charge in [-0.3, -0.25) is 4.79 Å². The highest BCUT2D eigenvalue weighted by Crippen LogP contribution is 2.25. The Bertz CT molecular complexity index is 809. The molecule has 0 radical (unpaired) electrons. The molecule has 1 aromatic rings. The number of sulfonamides is 1. The van der Waals surface area contributed by atoms with E-state index in [2.05, 4.69) is 10.2 Å². The van der Waals surface area contributed by atoms with Gasteiger partial charge in [0.05, 0.1) is 4.90 Å². The summed E-state index contributed by atoms with van der Waals surface area (Å²) in [6, 6.07) is 5.28. The minimum Gasteiger partial charge on any atom is -0.356 e. The number of aryl methyl sites for hydroxylation is 2. The van der Waals surface area contributed by atoms with Crippen LogP contribution >= 0.6 is 0 Å². The lowest BCUT2D eigenvalue weighted by Crippen LogP contribution is -2.43. The van der Waals surface area contributed by atoms with Crippen molar-refractivity contribution >= 4 is 15.9 Å². The Morgan fingerprint density at radius 2 is 1.67 bits per heavy atom. The van der Waals surface area contributed by atoms with E-state index in [0.717, 1.165) is 24.1 Å². The fourth-order valence-electron chi connectivity index (χ4n) is 4.40. The molecule has 0 bridgehead atoms. The molecule has 1 aromatic carbocycles. The number of nitrogens with zero attached hydrogens (tertiary/aromatic N) is 2. The van der Waals surface area contributed by atoms with Gasteiger partial charge in [0.15, 0.2) is 0 Å². The van der Waals surface area contributed by atoms with Gasteiger partial charge < -0.3 is 10.2 Å². The number of nitrogens with one attached hydrogen (secondary N) is 1. The summed E-state index contributed by atoms with van der Waals surface area (Å²) in [5.74, 6) is -0.0107. The molecule has 0 saturated carbocycles. The summed E-state index contributed by atoms with van der Waals surface area (Å²) in [5.41, 5.74) is 2.06.